The molecule has 0 heterocycles. The number of carboxylic acids is 1. The monoisotopic (exact) mass is 299 g/mol. The van der Waals surface area contributed by atoms with E-state index < -0.39 is 12.0 Å². The van der Waals surface area contributed by atoms with Crippen molar-refractivity contribution in [2.24, 2.45) is 0 Å². The topological polar surface area (TPSA) is 58.6 Å². The van der Waals surface area contributed by atoms with Gasteiger partial charge in [0, 0.05) is 6.54 Å². The standard InChI is InChI=1S/C18H21NO3/c1-3-13-4-8-15(9-5-13)17(18(20)21)19-12-14-6-10-16(22-2)11-7-14/h4-11,17,19H,3,12H2,1-2H3,(H,20,21). The molecule has 2 aromatic carbocycles. The van der Waals surface area contributed by atoms with E-state index in [2.05, 4.69) is 12.2 Å². The van der Waals surface area contributed by atoms with E-state index in [4.69, 9.17) is 4.74 Å². The summed E-state index contributed by atoms with van der Waals surface area (Å²) in [6, 6.07) is 14.5. The third kappa shape index (κ3) is 4.09. The van der Waals surface area contributed by atoms with Gasteiger partial charge in [-0.15, -0.1) is 0 Å². The van der Waals surface area contributed by atoms with Crippen molar-refractivity contribution in [1.82, 2.24) is 5.32 Å². The first-order valence-electron chi connectivity index (χ1n) is 7.32. The Morgan fingerprint density at radius 1 is 1.09 bits per heavy atom. The summed E-state index contributed by atoms with van der Waals surface area (Å²) in [6.45, 7) is 2.56. The summed E-state index contributed by atoms with van der Waals surface area (Å²) in [4.78, 5) is 11.5. The van der Waals surface area contributed by atoms with E-state index in [-0.39, 0.29) is 0 Å². The summed E-state index contributed by atoms with van der Waals surface area (Å²) in [6.07, 6.45) is 0.942. The Morgan fingerprint density at radius 3 is 2.18 bits per heavy atom. The summed E-state index contributed by atoms with van der Waals surface area (Å²) in [5, 5.41) is 12.5. The summed E-state index contributed by atoms with van der Waals surface area (Å²) < 4.78 is 5.11. The average molecular weight is 299 g/mol. The van der Waals surface area contributed by atoms with Gasteiger partial charge in [0.2, 0.25) is 0 Å². The highest BCUT2D eigenvalue weighted by Crippen LogP contribution is 2.17. The Balaban J connectivity index is 2.06. The van der Waals surface area contributed by atoms with Crippen molar-refractivity contribution in [3.05, 3.63) is 65.2 Å². The molecule has 0 radical (unpaired) electrons. The van der Waals surface area contributed by atoms with Crippen LogP contribution in [0.4, 0.5) is 0 Å². The van der Waals surface area contributed by atoms with E-state index in [9.17, 15) is 9.90 Å². The molecule has 0 saturated heterocycles. The fourth-order valence-corrected chi connectivity index (χ4v) is 2.26. The van der Waals surface area contributed by atoms with Crippen LogP contribution in [0.15, 0.2) is 48.5 Å². The van der Waals surface area contributed by atoms with Gasteiger partial charge in [0.25, 0.3) is 0 Å². The Hall–Kier alpha value is -2.33. The molecule has 0 bridgehead atoms. The molecule has 0 aliphatic heterocycles. The first-order valence-corrected chi connectivity index (χ1v) is 7.32. The van der Waals surface area contributed by atoms with E-state index in [1.54, 1.807) is 7.11 Å². The minimum atomic E-state index is -0.877. The van der Waals surface area contributed by atoms with Gasteiger partial charge in [-0.1, -0.05) is 43.3 Å². The number of hydrogen-bond donors (Lipinski definition) is 2. The first kappa shape index (κ1) is 16.0. The van der Waals surface area contributed by atoms with Gasteiger partial charge >= 0.3 is 5.97 Å². The van der Waals surface area contributed by atoms with E-state index in [1.807, 2.05) is 48.5 Å². The van der Waals surface area contributed by atoms with Crippen LogP contribution < -0.4 is 10.1 Å². The second kappa shape index (κ2) is 7.61. The largest absolute Gasteiger partial charge is 0.497 e. The maximum atomic E-state index is 11.5. The predicted molar refractivity (Wildman–Crippen MR) is 86.0 cm³/mol. The number of methoxy groups -OCH3 is 1. The van der Waals surface area contributed by atoms with Crippen LogP contribution in [0, 0.1) is 0 Å². The number of carboxylic acid groups (broad SMARTS) is 1. The molecule has 4 heteroatoms. The lowest BCUT2D eigenvalue weighted by Crippen LogP contribution is -2.28. The summed E-state index contributed by atoms with van der Waals surface area (Å²) in [5.41, 5.74) is 2.97. The lowest BCUT2D eigenvalue weighted by Gasteiger charge is -2.15. The molecule has 2 N–H and O–H groups in total. The van der Waals surface area contributed by atoms with Crippen molar-refractivity contribution in [2.45, 2.75) is 25.9 Å². The van der Waals surface area contributed by atoms with Crippen molar-refractivity contribution >= 4 is 5.97 Å². The lowest BCUT2D eigenvalue weighted by atomic mass is 10.0. The molecule has 0 aliphatic carbocycles. The molecule has 0 fully saturated rings. The maximum Gasteiger partial charge on any atom is 0.325 e. The SMILES string of the molecule is CCc1ccc(C(NCc2ccc(OC)cc2)C(=O)O)cc1. The minimum Gasteiger partial charge on any atom is -0.497 e. The molecule has 116 valence electrons. The minimum absolute atomic E-state index is 0.483. The van der Waals surface area contributed by atoms with E-state index in [0.29, 0.717) is 6.54 Å². The van der Waals surface area contributed by atoms with Gasteiger partial charge in [0.15, 0.2) is 0 Å². The van der Waals surface area contributed by atoms with Gasteiger partial charge < -0.3 is 9.84 Å². The molecule has 2 aromatic rings. The van der Waals surface area contributed by atoms with Crippen molar-refractivity contribution in [2.75, 3.05) is 7.11 Å². The Kier molecular flexibility index (Phi) is 5.55. The van der Waals surface area contributed by atoms with Crippen LogP contribution in [0.1, 0.15) is 29.7 Å². The molecule has 0 amide bonds. The zero-order valence-electron chi connectivity index (χ0n) is 12.9. The van der Waals surface area contributed by atoms with E-state index in [1.165, 1.54) is 5.56 Å². The highest BCUT2D eigenvalue weighted by molar-refractivity contribution is 5.75. The smallest absolute Gasteiger partial charge is 0.325 e. The van der Waals surface area contributed by atoms with Crippen molar-refractivity contribution in [1.29, 1.82) is 0 Å². The van der Waals surface area contributed by atoms with Crippen LogP contribution in [0.2, 0.25) is 0 Å². The second-order valence-electron chi connectivity index (χ2n) is 5.10. The number of ether oxygens (including phenoxy) is 1. The third-order valence-corrected chi connectivity index (χ3v) is 3.64. The molecule has 0 aromatic heterocycles. The fraction of sp³-hybridized carbons (Fsp3) is 0.278. The maximum absolute atomic E-state index is 11.5. The normalized spacial score (nSPS) is 11.9. The number of benzene rings is 2. The van der Waals surface area contributed by atoms with Crippen molar-refractivity contribution < 1.29 is 14.6 Å². The van der Waals surface area contributed by atoms with Crippen LogP contribution in [-0.2, 0) is 17.8 Å². The van der Waals surface area contributed by atoms with Gasteiger partial charge in [0.1, 0.15) is 11.8 Å². The van der Waals surface area contributed by atoms with Gasteiger partial charge in [0.05, 0.1) is 7.11 Å². The highest BCUT2D eigenvalue weighted by Gasteiger charge is 2.18. The Bertz CT molecular complexity index is 605. The molecule has 22 heavy (non-hydrogen) atoms. The zero-order chi connectivity index (χ0) is 15.9. The van der Waals surface area contributed by atoms with Gasteiger partial charge in [-0.3, -0.25) is 10.1 Å². The molecule has 0 saturated carbocycles. The number of nitrogens with one attached hydrogen (secondary N) is 1. The molecule has 0 aliphatic rings. The van der Waals surface area contributed by atoms with Crippen LogP contribution in [-0.4, -0.2) is 18.2 Å². The molecule has 1 unspecified atom stereocenters. The Labute approximate surface area is 130 Å². The van der Waals surface area contributed by atoms with Crippen LogP contribution in [0.3, 0.4) is 0 Å². The van der Waals surface area contributed by atoms with Crippen molar-refractivity contribution in [3.8, 4) is 5.75 Å². The van der Waals surface area contributed by atoms with Crippen LogP contribution in [0.5, 0.6) is 5.75 Å². The molecule has 4 nitrogen and oxygen atoms in total. The average Bonchev–Trinajstić information content (AvgIpc) is 2.56. The number of aryl methyl sites for hydroxylation is 1. The molecular formula is C18H21NO3. The number of carbonyl (C=O) groups is 1. The third-order valence-electron chi connectivity index (χ3n) is 3.64. The lowest BCUT2D eigenvalue weighted by molar-refractivity contribution is -0.139. The van der Waals surface area contributed by atoms with Gasteiger partial charge in [-0.25, -0.2) is 0 Å². The molecular weight excluding hydrogens is 278 g/mol. The fourth-order valence-electron chi connectivity index (χ4n) is 2.26. The van der Waals surface area contributed by atoms with Crippen LogP contribution >= 0.6 is 0 Å². The second-order valence-corrected chi connectivity index (χ2v) is 5.10. The highest BCUT2D eigenvalue weighted by atomic mass is 16.5. The van der Waals surface area contributed by atoms with Gasteiger partial charge in [-0.2, -0.15) is 0 Å². The zero-order valence-corrected chi connectivity index (χ0v) is 12.9. The van der Waals surface area contributed by atoms with Crippen molar-refractivity contribution in [3.63, 3.8) is 0 Å². The summed E-state index contributed by atoms with van der Waals surface area (Å²) in [7, 11) is 1.62. The Morgan fingerprint density at radius 2 is 1.68 bits per heavy atom. The first-order chi connectivity index (χ1) is 10.6. The summed E-state index contributed by atoms with van der Waals surface area (Å²) >= 11 is 0. The number of rotatable bonds is 7. The number of aliphatic carboxylic acids is 1. The quantitative estimate of drug-likeness (QED) is 0.824. The van der Waals surface area contributed by atoms with E-state index >= 15 is 0 Å². The van der Waals surface area contributed by atoms with Gasteiger partial charge in [-0.05, 0) is 35.2 Å². The molecule has 1 atom stereocenters. The number of hydrogen-bond acceptors (Lipinski definition) is 3. The predicted octanol–water partition coefficient (Wildman–Crippen LogP) is 3.17. The molecule has 0 spiro atoms. The molecule has 2 rings (SSSR count). The van der Waals surface area contributed by atoms with Crippen LogP contribution in [0.25, 0.3) is 0 Å². The van der Waals surface area contributed by atoms with E-state index in [0.717, 1.165) is 23.3 Å². The summed E-state index contributed by atoms with van der Waals surface area (Å²) in [5.74, 6) is -0.0913.